The first-order valence-electron chi connectivity index (χ1n) is 10.9. The summed E-state index contributed by atoms with van der Waals surface area (Å²) in [6.45, 7) is 0. The quantitative estimate of drug-likeness (QED) is 0.415. The molecule has 0 amide bonds. The minimum Gasteiger partial charge on any atom is -0.481 e. The molecule has 2 fully saturated rings. The van der Waals surface area contributed by atoms with Crippen molar-refractivity contribution in [2.45, 2.75) is 63.4 Å². The predicted octanol–water partition coefficient (Wildman–Crippen LogP) is 8.20. The maximum atomic E-state index is 14.9. The van der Waals surface area contributed by atoms with Crippen molar-refractivity contribution in [2.24, 2.45) is 0 Å². The molecule has 0 spiro atoms. The zero-order valence-corrected chi connectivity index (χ0v) is 17.5. The fourth-order valence-corrected chi connectivity index (χ4v) is 5.75. The fourth-order valence-electron chi connectivity index (χ4n) is 4.80. The van der Waals surface area contributed by atoms with E-state index in [1.54, 1.807) is 17.4 Å². The standard InChI is InChI=1S/C26H27FOS/c27-24-17-21(20-11-9-19(10-12-20)18-5-1-2-6-18)13-14-23(24)25-15-16-26(29-25)28-22-7-3-4-8-22/h9-18,22H,1-8H2. The van der Waals surface area contributed by atoms with Crippen molar-refractivity contribution in [3.8, 4) is 26.6 Å². The molecule has 2 saturated carbocycles. The normalized spacial score (nSPS) is 17.8. The van der Waals surface area contributed by atoms with Crippen LogP contribution in [-0.2, 0) is 0 Å². The van der Waals surface area contributed by atoms with Gasteiger partial charge in [-0.15, -0.1) is 0 Å². The van der Waals surface area contributed by atoms with Crippen LogP contribution < -0.4 is 4.74 Å². The second kappa shape index (κ2) is 8.31. The molecular formula is C26H27FOS. The average Bonchev–Trinajstić information content (AvgIpc) is 3.52. The molecule has 1 aromatic heterocycles. The third kappa shape index (κ3) is 4.11. The molecule has 2 aromatic carbocycles. The lowest BCUT2D eigenvalue weighted by Gasteiger charge is -2.11. The van der Waals surface area contributed by atoms with Gasteiger partial charge in [0.1, 0.15) is 5.82 Å². The zero-order chi connectivity index (χ0) is 19.6. The molecule has 1 nitrogen and oxygen atoms in total. The number of halogens is 1. The Morgan fingerprint density at radius 3 is 2.17 bits per heavy atom. The molecular weight excluding hydrogens is 379 g/mol. The summed E-state index contributed by atoms with van der Waals surface area (Å²) < 4.78 is 21.0. The van der Waals surface area contributed by atoms with Crippen molar-refractivity contribution in [3.63, 3.8) is 0 Å². The second-order valence-electron chi connectivity index (χ2n) is 8.44. The minimum absolute atomic E-state index is 0.170. The van der Waals surface area contributed by atoms with Gasteiger partial charge >= 0.3 is 0 Å². The van der Waals surface area contributed by atoms with Crippen molar-refractivity contribution in [3.05, 3.63) is 66.0 Å². The first-order valence-corrected chi connectivity index (χ1v) is 11.7. The molecule has 0 bridgehead atoms. The predicted molar refractivity (Wildman–Crippen MR) is 119 cm³/mol. The largest absolute Gasteiger partial charge is 0.481 e. The number of benzene rings is 2. The Hall–Kier alpha value is -2.13. The fraction of sp³-hybridized carbons (Fsp3) is 0.385. The molecule has 5 rings (SSSR count). The van der Waals surface area contributed by atoms with Crippen molar-refractivity contribution < 1.29 is 9.13 Å². The Morgan fingerprint density at radius 2 is 1.45 bits per heavy atom. The maximum Gasteiger partial charge on any atom is 0.174 e. The number of ether oxygens (including phenoxy) is 1. The van der Waals surface area contributed by atoms with Gasteiger partial charge in [0.25, 0.3) is 0 Å². The molecule has 0 radical (unpaired) electrons. The van der Waals surface area contributed by atoms with Crippen LogP contribution in [0.5, 0.6) is 5.06 Å². The number of thiophene rings is 1. The summed E-state index contributed by atoms with van der Waals surface area (Å²) in [5.74, 6) is 0.541. The van der Waals surface area contributed by atoms with Crippen LogP contribution in [0, 0.1) is 5.82 Å². The Balaban J connectivity index is 1.33. The van der Waals surface area contributed by atoms with Crippen molar-refractivity contribution >= 4 is 11.3 Å². The van der Waals surface area contributed by atoms with Crippen LogP contribution in [0.2, 0.25) is 0 Å². The molecule has 1 heterocycles. The highest BCUT2D eigenvalue weighted by molar-refractivity contribution is 7.17. The lowest BCUT2D eigenvalue weighted by Crippen LogP contribution is -2.09. The summed E-state index contributed by atoms with van der Waals surface area (Å²) in [4.78, 5) is 0.929. The SMILES string of the molecule is Fc1cc(-c2ccc(C3CCCC3)cc2)ccc1-c1ccc(OC2CCCC2)s1. The smallest absolute Gasteiger partial charge is 0.174 e. The van der Waals surface area contributed by atoms with Gasteiger partial charge in [-0.3, -0.25) is 0 Å². The molecule has 150 valence electrons. The van der Waals surface area contributed by atoms with E-state index in [2.05, 4.69) is 24.3 Å². The van der Waals surface area contributed by atoms with Gasteiger partial charge in [0, 0.05) is 10.4 Å². The van der Waals surface area contributed by atoms with Gasteiger partial charge in [0.05, 0.1) is 6.10 Å². The summed E-state index contributed by atoms with van der Waals surface area (Å²) in [6, 6.07) is 18.3. The monoisotopic (exact) mass is 406 g/mol. The minimum atomic E-state index is -0.170. The van der Waals surface area contributed by atoms with Crippen LogP contribution >= 0.6 is 11.3 Å². The molecule has 0 saturated heterocycles. The Morgan fingerprint density at radius 1 is 0.759 bits per heavy atom. The van der Waals surface area contributed by atoms with Gasteiger partial charge in [-0.1, -0.05) is 54.5 Å². The van der Waals surface area contributed by atoms with Gasteiger partial charge in [-0.25, -0.2) is 4.39 Å². The molecule has 0 N–H and O–H groups in total. The van der Waals surface area contributed by atoms with Gasteiger partial charge < -0.3 is 4.74 Å². The Bertz CT molecular complexity index is 963. The van der Waals surface area contributed by atoms with Gasteiger partial charge in [0.15, 0.2) is 5.06 Å². The first-order chi connectivity index (χ1) is 14.3. The maximum absolute atomic E-state index is 14.9. The van der Waals surface area contributed by atoms with Gasteiger partial charge in [-0.2, -0.15) is 0 Å². The molecule has 0 unspecified atom stereocenters. The van der Waals surface area contributed by atoms with Crippen LogP contribution in [0.3, 0.4) is 0 Å². The van der Waals surface area contributed by atoms with Crippen LogP contribution in [0.25, 0.3) is 21.6 Å². The van der Waals surface area contributed by atoms with Crippen molar-refractivity contribution in [1.29, 1.82) is 0 Å². The van der Waals surface area contributed by atoms with Crippen molar-refractivity contribution in [2.75, 3.05) is 0 Å². The molecule has 0 aliphatic heterocycles. The third-order valence-electron chi connectivity index (χ3n) is 6.47. The lowest BCUT2D eigenvalue weighted by molar-refractivity contribution is 0.217. The zero-order valence-electron chi connectivity index (χ0n) is 16.7. The summed E-state index contributed by atoms with van der Waals surface area (Å²) in [7, 11) is 0. The Labute approximate surface area is 176 Å². The van der Waals surface area contributed by atoms with Crippen LogP contribution in [-0.4, -0.2) is 6.10 Å². The van der Waals surface area contributed by atoms with E-state index in [9.17, 15) is 4.39 Å². The van der Waals surface area contributed by atoms with E-state index in [0.29, 0.717) is 17.6 Å². The highest BCUT2D eigenvalue weighted by Crippen LogP contribution is 2.38. The molecule has 29 heavy (non-hydrogen) atoms. The van der Waals surface area contributed by atoms with E-state index >= 15 is 0 Å². The summed E-state index contributed by atoms with van der Waals surface area (Å²) >= 11 is 1.54. The number of rotatable bonds is 5. The number of hydrogen-bond donors (Lipinski definition) is 0. The molecule has 2 aliphatic carbocycles. The molecule has 0 atom stereocenters. The van der Waals surface area contributed by atoms with Crippen molar-refractivity contribution in [1.82, 2.24) is 0 Å². The highest BCUT2D eigenvalue weighted by atomic mass is 32.1. The topological polar surface area (TPSA) is 9.23 Å². The van der Waals surface area contributed by atoms with E-state index < -0.39 is 0 Å². The van der Waals surface area contributed by atoms with E-state index in [1.165, 1.54) is 44.1 Å². The highest BCUT2D eigenvalue weighted by Gasteiger charge is 2.19. The summed E-state index contributed by atoms with van der Waals surface area (Å²) in [6.07, 6.45) is 10.4. The van der Waals surface area contributed by atoms with E-state index in [4.69, 9.17) is 4.74 Å². The first kappa shape index (κ1) is 18.9. The summed E-state index contributed by atoms with van der Waals surface area (Å²) in [5.41, 5.74) is 4.09. The average molecular weight is 407 g/mol. The van der Waals surface area contributed by atoms with Gasteiger partial charge in [-0.05, 0) is 85.4 Å². The lowest BCUT2D eigenvalue weighted by atomic mass is 9.95. The Kier molecular flexibility index (Phi) is 5.41. The second-order valence-corrected chi connectivity index (χ2v) is 9.49. The van der Waals surface area contributed by atoms with Crippen LogP contribution in [0.1, 0.15) is 62.8 Å². The van der Waals surface area contributed by atoms with Gasteiger partial charge in [0.2, 0.25) is 0 Å². The van der Waals surface area contributed by atoms with Crippen LogP contribution in [0.4, 0.5) is 4.39 Å². The molecule has 2 aliphatic rings. The molecule has 3 heteroatoms. The van der Waals surface area contributed by atoms with E-state index in [-0.39, 0.29) is 5.82 Å². The van der Waals surface area contributed by atoms with Crippen LogP contribution in [0.15, 0.2) is 54.6 Å². The van der Waals surface area contributed by atoms with E-state index in [1.807, 2.05) is 24.3 Å². The number of hydrogen-bond acceptors (Lipinski definition) is 2. The summed E-state index contributed by atoms with van der Waals surface area (Å²) in [5, 5.41) is 0.901. The molecule has 3 aromatic rings. The third-order valence-corrected chi connectivity index (χ3v) is 7.48. The van der Waals surface area contributed by atoms with E-state index in [0.717, 1.165) is 33.9 Å².